The minimum atomic E-state index is -1.35. The van der Waals surface area contributed by atoms with Crippen LogP contribution in [0.15, 0.2) is 42.6 Å². The second-order valence-corrected chi connectivity index (χ2v) is 6.70. The van der Waals surface area contributed by atoms with Gasteiger partial charge in [0.15, 0.2) is 11.6 Å². The monoisotopic (exact) mass is 403 g/mol. The van der Waals surface area contributed by atoms with Gasteiger partial charge in [0, 0.05) is 12.3 Å². The number of aliphatic hydroxyl groups is 1. The highest BCUT2D eigenvalue weighted by molar-refractivity contribution is 5.66. The van der Waals surface area contributed by atoms with E-state index in [0.29, 0.717) is 17.5 Å². The number of anilines is 3. The Balaban J connectivity index is 2.04. The summed E-state index contributed by atoms with van der Waals surface area (Å²) in [6, 6.07) is 7.84. The van der Waals surface area contributed by atoms with Crippen molar-refractivity contribution in [2.45, 2.75) is 19.9 Å². The predicted molar refractivity (Wildman–Crippen MR) is 104 cm³/mol. The summed E-state index contributed by atoms with van der Waals surface area (Å²) in [5.41, 5.74) is 0.221. The number of halogens is 3. The first-order chi connectivity index (χ1) is 13.9. The van der Waals surface area contributed by atoms with Gasteiger partial charge in [0.2, 0.25) is 5.95 Å². The molecule has 0 fully saturated rings. The molecule has 3 rings (SSSR count). The van der Waals surface area contributed by atoms with E-state index < -0.39 is 23.1 Å². The molecule has 3 N–H and O–H groups in total. The normalized spacial score (nSPS) is 12.1. The zero-order valence-electron chi connectivity index (χ0n) is 15.8. The molecule has 0 saturated carbocycles. The quantitative estimate of drug-likeness (QED) is 0.515. The van der Waals surface area contributed by atoms with Crippen molar-refractivity contribution in [2.75, 3.05) is 17.2 Å². The lowest BCUT2D eigenvalue weighted by atomic mass is 10.1. The van der Waals surface area contributed by atoms with E-state index in [4.69, 9.17) is 0 Å². The zero-order chi connectivity index (χ0) is 21.0. The van der Waals surface area contributed by atoms with Gasteiger partial charge in [-0.05, 0) is 30.2 Å². The number of hydrogen-bond acceptors (Lipinski definition) is 6. The Morgan fingerprint density at radius 2 is 1.76 bits per heavy atom. The molecule has 3 aromatic rings. The van der Waals surface area contributed by atoms with Gasteiger partial charge >= 0.3 is 0 Å². The highest BCUT2D eigenvalue weighted by Crippen LogP contribution is 2.27. The van der Waals surface area contributed by atoms with Crippen LogP contribution < -0.4 is 10.6 Å². The van der Waals surface area contributed by atoms with Gasteiger partial charge in [0.05, 0.1) is 24.0 Å². The van der Waals surface area contributed by atoms with Crippen molar-refractivity contribution in [3.63, 3.8) is 0 Å². The van der Waals surface area contributed by atoms with Gasteiger partial charge in [0.1, 0.15) is 17.3 Å². The van der Waals surface area contributed by atoms with E-state index in [9.17, 15) is 18.3 Å². The molecule has 6 nitrogen and oxygen atoms in total. The topological polar surface area (TPSA) is 83.0 Å². The van der Waals surface area contributed by atoms with E-state index in [-0.39, 0.29) is 30.3 Å². The Bertz CT molecular complexity index is 985. The SMILES string of the molecule is CC(C)[C@H](CO)Nc1nc(Nc2c(F)ccc(F)c2F)cc(-c2ccccn2)n1. The second kappa shape index (κ2) is 8.87. The van der Waals surface area contributed by atoms with Gasteiger partial charge in [-0.15, -0.1) is 0 Å². The first-order valence-corrected chi connectivity index (χ1v) is 8.97. The fourth-order valence-electron chi connectivity index (χ4n) is 2.58. The lowest BCUT2D eigenvalue weighted by Crippen LogP contribution is -2.30. The average Bonchev–Trinajstić information content (AvgIpc) is 2.72. The van der Waals surface area contributed by atoms with Crippen molar-refractivity contribution >= 4 is 17.5 Å². The molecule has 2 aromatic heterocycles. The summed E-state index contributed by atoms with van der Waals surface area (Å²) >= 11 is 0. The van der Waals surface area contributed by atoms with Crippen LogP contribution in [0, 0.1) is 23.4 Å². The lowest BCUT2D eigenvalue weighted by Gasteiger charge is -2.20. The van der Waals surface area contributed by atoms with Crippen molar-refractivity contribution < 1.29 is 18.3 Å². The molecule has 1 aromatic carbocycles. The second-order valence-electron chi connectivity index (χ2n) is 6.70. The van der Waals surface area contributed by atoms with Crippen LogP contribution in [-0.2, 0) is 0 Å². The van der Waals surface area contributed by atoms with Crippen LogP contribution >= 0.6 is 0 Å². The van der Waals surface area contributed by atoms with Crippen LogP contribution in [0.25, 0.3) is 11.4 Å². The molecular weight excluding hydrogens is 383 g/mol. The van der Waals surface area contributed by atoms with Gasteiger partial charge in [-0.3, -0.25) is 4.98 Å². The Labute approximate surface area is 165 Å². The summed E-state index contributed by atoms with van der Waals surface area (Å²) in [6.07, 6.45) is 1.58. The molecule has 1 atom stereocenters. The van der Waals surface area contributed by atoms with Gasteiger partial charge in [-0.2, -0.15) is 4.98 Å². The molecule has 152 valence electrons. The number of nitrogens with zero attached hydrogens (tertiary/aromatic N) is 3. The Morgan fingerprint density at radius 3 is 2.41 bits per heavy atom. The molecule has 0 unspecified atom stereocenters. The highest BCUT2D eigenvalue weighted by Gasteiger charge is 2.18. The Morgan fingerprint density at radius 1 is 1.00 bits per heavy atom. The van der Waals surface area contributed by atoms with Crippen LogP contribution in [0.2, 0.25) is 0 Å². The van der Waals surface area contributed by atoms with E-state index in [0.717, 1.165) is 6.07 Å². The third-order valence-corrected chi connectivity index (χ3v) is 4.27. The standard InChI is InChI=1S/C20H20F3N5O/c1-11(2)16(10-29)26-20-25-15(14-5-3-4-8-24-14)9-17(28-20)27-19-13(22)7-6-12(21)18(19)23/h3-9,11,16,29H,10H2,1-2H3,(H2,25,26,27,28)/t16-/m0/s1. The predicted octanol–water partition coefficient (Wildman–Crippen LogP) is 4.13. The number of benzene rings is 1. The first-order valence-electron chi connectivity index (χ1n) is 8.97. The van der Waals surface area contributed by atoms with Crippen molar-refractivity contribution in [2.24, 2.45) is 5.92 Å². The molecule has 0 saturated heterocycles. The van der Waals surface area contributed by atoms with Gasteiger partial charge in [-0.25, -0.2) is 18.2 Å². The van der Waals surface area contributed by atoms with Gasteiger partial charge in [0.25, 0.3) is 0 Å². The maximum absolute atomic E-state index is 14.1. The summed E-state index contributed by atoms with van der Waals surface area (Å²) in [5.74, 6) is -3.28. The van der Waals surface area contributed by atoms with Crippen molar-refractivity contribution in [3.8, 4) is 11.4 Å². The smallest absolute Gasteiger partial charge is 0.225 e. The molecular formula is C20H20F3N5O. The molecule has 0 aliphatic heterocycles. The third kappa shape index (κ3) is 4.80. The maximum Gasteiger partial charge on any atom is 0.225 e. The average molecular weight is 403 g/mol. The van der Waals surface area contributed by atoms with E-state index >= 15 is 0 Å². The van der Waals surface area contributed by atoms with E-state index in [1.807, 2.05) is 13.8 Å². The van der Waals surface area contributed by atoms with Crippen LogP contribution in [-0.4, -0.2) is 32.7 Å². The third-order valence-electron chi connectivity index (χ3n) is 4.27. The molecule has 0 bridgehead atoms. The van der Waals surface area contributed by atoms with Crippen molar-refractivity contribution in [1.29, 1.82) is 0 Å². The fraction of sp³-hybridized carbons (Fsp3) is 0.250. The summed E-state index contributed by atoms with van der Waals surface area (Å²) in [7, 11) is 0. The van der Waals surface area contributed by atoms with Crippen molar-refractivity contribution in [3.05, 3.63) is 60.0 Å². The largest absolute Gasteiger partial charge is 0.394 e. The number of rotatable bonds is 7. The minimum Gasteiger partial charge on any atom is -0.394 e. The molecule has 29 heavy (non-hydrogen) atoms. The summed E-state index contributed by atoms with van der Waals surface area (Å²) in [4.78, 5) is 12.8. The van der Waals surface area contributed by atoms with Crippen molar-refractivity contribution in [1.82, 2.24) is 15.0 Å². The van der Waals surface area contributed by atoms with Crippen LogP contribution in [0.4, 0.5) is 30.6 Å². The number of hydrogen-bond donors (Lipinski definition) is 3. The van der Waals surface area contributed by atoms with E-state index in [2.05, 4.69) is 25.6 Å². The van der Waals surface area contributed by atoms with E-state index in [1.165, 1.54) is 6.07 Å². The van der Waals surface area contributed by atoms with Crippen LogP contribution in [0.1, 0.15) is 13.8 Å². The van der Waals surface area contributed by atoms with Crippen LogP contribution in [0.3, 0.4) is 0 Å². The summed E-state index contributed by atoms with van der Waals surface area (Å²) < 4.78 is 41.6. The molecule has 9 heteroatoms. The molecule has 0 aliphatic carbocycles. The Hall–Kier alpha value is -3.20. The zero-order valence-corrected chi connectivity index (χ0v) is 15.8. The number of aliphatic hydroxyl groups excluding tert-OH is 1. The molecule has 0 aliphatic rings. The Kier molecular flexibility index (Phi) is 6.28. The maximum atomic E-state index is 14.1. The number of nitrogens with one attached hydrogen (secondary N) is 2. The van der Waals surface area contributed by atoms with Crippen LogP contribution in [0.5, 0.6) is 0 Å². The highest BCUT2D eigenvalue weighted by atomic mass is 19.2. The van der Waals surface area contributed by atoms with Gasteiger partial charge in [-0.1, -0.05) is 19.9 Å². The fourth-order valence-corrected chi connectivity index (χ4v) is 2.58. The molecule has 0 radical (unpaired) electrons. The molecule has 0 spiro atoms. The summed E-state index contributed by atoms with van der Waals surface area (Å²) in [5, 5.41) is 15.0. The molecule has 0 amide bonds. The summed E-state index contributed by atoms with van der Waals surface area (Å²) in [6.45, 7) is 3.66. The molecule has 2 heterocycles. The minimum absolute atomic E-state index is 0.0343. The first kappa shape index (κ1) is 20.5. The lowest BCUT2D eigenvalue weighted by molar-refractivity contribution is 0.248. The number of aromatic nitrogens is 3. The number of pyridine rings is 1. The van der Waals surface area contributed by atoms with Gasteiger partial charge < -0.3 is 15.7 Å². The van der Waals surface area contributed by atoms with E-state index in [1.54, 1.807) is 24.4 Å².